The van der Waals surface area contributed by atoms with Crippen molar-refractivity contribution in [2.45, 2.75) is 0 Å². The summed E-state index contributed by atoms with van der Waals surface area (Å²) in [5.41, 5.74) is -14.3. The molecule has 0 aliphatic heterocycles. The molecule has 0 aromatic heterocycles. The molecule has 0 aliphatic rings. The van der Waals surface area contributed by atoms with Crippen LogP contribution in [0.3, 0.4) is 0 Å². The summed E-state index contributed by atoms with van der Waals surface area (Å²) >= 11 is -1.43. The second-order valence-corrected chi connectivity index (χ2v) is 18.8. The number of benzene rings is 7. The average molecular weight is 1110 g/mol. The number of hydrogen-bond acceptors (Lipinski definition) is 3. The minimum atomic E-state index is -7.22. The van der Waals surface area contributed by atoms with E-state index < -0.39 is 158 Å². The number of ether oxygens (including phenoxy) is 3. The van der Waals surface area contributed by atoms with Gasteiger partial charge in [-0.1, -0.05) is 0 Å². The zero-order chi connectivity index (χ0) is 53.1. The first kappa shape index (κ1) is 54.8. The molecule has 0 spiro atoms. The van der Waals surface area contributed by atoms with E-state index in [1.807, 2.05) is 6.07 Å². The molecule has 0 heterocycles. The fourth-order valence-electron chi connectivity index (χ4n) is 7.57. The average Bonchev–Trinajstić information content (AvgIpc) is 3.38. The Balaban J connectivity index is 0.000000266. The quantitative estimate of drug-likeness (QED) is 0.0363. The van der Waals surface area contributed by atoms with E-state index in [0.717, 1.165) is 5.75 Å². The van der Waals surface area contributed by atoms with Crippen molar-refractivity contribution in [1.29, 1.82) is 0 Å². The molecule has 0 bridgehead atoms. The van der Waals surface area contributed by atoms with Crippen LogP contribution in [0.1, 0.15) is 0 Å². The fraction of sp³-hybridized carbons (Fsp3) is 0.106. The molecule has 0 amide bonds. The van der Waals surface area contributed by atoms with Gasteiger partial charge in [-0.25, -0.2) is 87.8 Å². The molecular formula is C47H25BF20O3Se. The zero-order valence-corrected chi connectivity index (χ0v) is 37.4. The maximum Gasteiger partial charge on any atom is 0.200 e. The molecule has 0 saturated carbocycles. The first-order valence-corrected chi connectivity index (χ1v) is 22.5. The summed E-state index contributed by atoms with van der Waals surface area (Å²) in [6, 6.07) is 29.9. The number of rotatable bonds is 14. The van der Waals surface area contributed by atoms with E-state index in [-0.39, 0.29) is 0 Å². The minimum absolute atomic E-state index is 0.531. The molecule has 0 radical (unpaired) electrons. The van der Waals surface area contributed by atoms with E-state index in [1.54, 1.807) is 7.11 Å². The van der Waals surface area contributed by atoms with Crippen molar-refractivity contribution < 1.29 is 102 Å². The third-order valence-corrected chi connectivity index (χ3v) is 15.4. The maximum absolute atomic E-state index is 15.4. The Morgan fingerprint density at radius 3 is 0.889 bits per heavy atom. The van der Waals surface area contributed by atoms with Gasteiger partial charge in [-0.2, -0.15) is 0 Å². The van der Waals surface area contributed by atoms with E-state index in [4.69, 9.17) is 14.2 Å². The largest absolute Gasteiger partial charge is 0.207 e. The number of halogens is 20. The molecule has 0 unspecified atom stereocenters. The van der Waals surface area contributed by atoms with Crippen LogP contribution >= 0.6 is 0 Å². The van der Waals surface area contributed by atoms with Crippen LogP contribution < -0.4 is 40.0 Å². The van der Waals surface area contributed by atoms with E-state index in [1.165, 1.54) is 13.4 Å². The van der Waals surface area contributed by atoms with Crippen LogP contribution in [0.2, 0.25) is 0 Å². The standard InChI is InChI=1S/C24BF20.C23H25O3Se/c26-5-1(6(27)14(35)21(42)13(5)34)25(2-7(28)15(36)22(43)16(37)8(2)29,3-9(30)17(38)23(44)18(39)10(3)31)4-11(32)19(40)24(45)20(41)12(4)33;1-24-16-17-25-18-19-26-22-14-8-9-15-23(22)27(20-10-4-2-5-11-20)21-12-6-3-7-13-21/h;2-15H,16-19H2,1H3/q-1;+1. The Morgan fingerprint density at radius 2 is 0.583 bits per heavy atom. The van der Waals surface area contributed by atoms with Crippen LogP contribution in [-0.4, -0.2) is 53.6 Å². The van der Waals surface area contributed by atoms with Gasteiger partial charge in [0.15, 0.2) is 69.8 Å². The Bertz CT molecular complexity index is 2730. The minimum Gasteiger partial charge on any atom is -0.207 e. The molecule has 3 nitrogen and oxygen atoms in total. The molecule has 0 aliphatic carbocycles. The van der Waals surface area contributed by atoms with Crippen molar-refractivity contribution in [3.05, 3.63) is 201 Å². The van der Waals surface area contributed by atoms with Crippen molar-refractivity contribution in [2.24, 2.45) is 0 Å². The number of hydrogen-bond donors (Lipinski definition) is 0. The van der Waals surface area contributed by atoms with Gasteiger partial charge in [0.2, 0.25) is 0 Å². The normalized spacial score (nSPS) is 11.6. The zero-order valence-electron chi connectivity index (χ0n) is 35.7. The van der Waals surface area contributed by atoms with Crippen molar-refractivity contribution in [3.8, 4) is 5.75 Å². The van der Waals surface area contributed by atoms with Crippen molar-refractivity contribution in [3.63, 3.8) is 0 Å². The Hall–Kier alpha value is -6.56. The molecule has 7 rings (SSSR count). The van der Waals surface area contributed by atoms with Crippen LogP contribution in [0.25, 0.3) is 0 Å². The summed E-state index contributed by atoms with van der Waals surface area (Å²) < 4.78 is 315. The van der Waals surface area contributed by atoms with Crippen molar-refractivity contribution in [2.75, 3.05) is 33.5 Å². The molecule has 7 aromatic rings. The van der Waals surface area contributed by atoms with Crippen LogP contribution in [0.4, 0.5) is 87.8 Å². The third-order valence-electron chi connectivity index (χ3n) is 10.7. The SMILES string of the molecule is COCCOCCOc1ccccc1[Se+](c1ccccc1)c1ccccc1.Fc1c(F)c(F)c([B-](c2c(F)c(F)c(F)c(F)c2F)(c2c(F)c(F)c(F)c(F)c2F)c2c(F)c(F)c(F)c(F)c2F)c(F)c1F. The van der Waals surface area contributed by atoms with Gasteiger partial charge >= 0.3 is 166 Å². The summed E-state index contributed by atoms with van der Waals surface area (Å²) in [4.78, 5) is 0. The molecular weight excluding hydrogens is 1080 g/mol. The first-order valence-electron chi connectivity index (χ1n) is 20.0. The summed E-state index contributed by atoms with van der Waals surface area (Å²) in [5, 5.41) is 0. The topological polar surface area (TPSA) is 27.7 Å². The summed E-state index contributed by atoms with van der Waals surface area (Å²) in [6.07, 6.45) is -7.22. The van der Waals surface area contributed by atoms with Gasteiger partial charge < -0.3 is 0 Å². The van der Waals surface area contributed by atoms with E-state index >= 15 is 35.1 Å². The number of methoxy groups -OCH3 is 1. The van der Waals surface area contributed by atoms with Gasteiger partial charge in [-0.15, -0.1) is 21.9 Å². The molecule has 72 heavy (non-hydrogen) atoms. The van der Waals surface area contributed by atoms with E-state index in [9.17, 15) is 52.7 Å². The first-order chi connectivity index (χ1) is 34.1. The van der Waals surface area contributed by atoms with Crippen LogP contribution in [0.15, 0.2) is 84.9 Å². The van der Waals surface area contributed by atoms with Gasteiger partial charge in [0.1, 0.15) is 52.7 Å². The van der Waals surface area contributed by atoms with Crippen LogP contribution in [0, 0.1) is 116 Å². The maximum atomic E-state index is 15.4. The molecule has 7 aromatic carbocycles. The van der Waals surface area contributed by atoms with Crippen LogP contribution in [-0.2, 0) is 9.47 Å². The molecule has 380 valence electrons. The number of para-hydroxylation sites is 1. The molecule has 0 saturated heterocycles. The van der Waals surface area contributed by atoms with Gasteiger partial charge in [0.25, 0.3) is 0 Å². The van der Waals surface area contributed by atoms with Gasteiger partial charge in [-0.05, 0) is 0 Å². The van der Waals surface area contributed by atoms with Crippen LogP contribution in [0.5, 0.6) is 5.75 Å². The van der Waals surface area contributed by atoms with Gasteiger partial charge in [-0.3, -0.25) is 0 Å². The summed E-state index contributed by atoms with van der Waals surface area (Å²) in [7, 11) is 1.67. The fourth-order valence-corrected chi connectivity index (χ4v) is 12.1. The Labute approximate surface area is 397 Å². The smallest absolute Gasteiger partial charge is 0.200 e. The predicted molar refractivity (Wildman–Crippen MR) is 221 cm³/mol. The van der Waals surface area contributed by atoms with E-state index in [2.05, 4.69) is 78.9 Å². The second kappa shape index (κ2) is 22.5. The summed E-state index contributed by atoms with van der Waals surface area (Å²) in [6.45, 7) is 2.28. The molecule has 0 atom stereocenters. The third kappa shape index (κ3) is 9.61. The molecule has 25 heteroatoms. The predicted octanol–water partition coefficient (Wildman–Crippen LogP) is 8.09. The monoisotopic (exact) mass is 1110 g/mol. The van der Waals surface area contributed by atoms with Crippen molar-refractivity contribution >= 4 is 55.3 Å². The second-order valence-electron chi connectivity index (χ2n) is 14.6. The Kier molecular flexibility index (Phi) is 17.1. The summed E-state index contributed by atoms with van der Waals surface area (Å²) in [5.74, 6) is -70.5. The van der Waals surface area contributed by atoms with Gasteiger partial charge in [0.05, 0.1) is 0 Å². The molecule has 0 fully saturated rings. The Morgan fingerprint density at radius 1 is 0.319 bits per heavy atom. The van der Waals surface area contributed by atoms with E-state index in [0.29, 0.717) is 26.4 Å². The van der Waals surface area contributed by atoms with Gasteiger partial charge in [0, 0.05) is 0 Å². The molecule has 0 N–H and O–H groups in total. The van der Waals surface area contributed by atoms with Crippen molar-refractivity contribution in [1.82, 2.24) is 0 Å².